The number of nitrogens with zero attached hydrogens (tertiary/aromatic N) is 1. The SMILES string of the molecule is C1COCCN1.O=C(Nc1cccc(Br)c1)N1CCOCC1. The second kappa shape index (κ2) is 9.78. The van der Waals surface area contributed by atoms with E-state index in [1.807, 2.05) is 24.3 Å². The number of hydrogen-bond acceptors (Lipinski definition) is 4. The van der Waals surface area contributed by atoms with Crippen LogP contribution in [0.25, 0.3) is 0 Å². The number of benzene rings is 1. The van der Waals surface area contributed by atoms with Crippen LogP contribution in [0.5, 0.6) is 0 Å². The molecule has 6 nitrogen and oxygen atoms in total. The van der Waals surface area contributed by atoms with Gasteiger partial charge in [0.1, 0.15) is 0 Å². The van der Waals surface area contributed by atoms with Gasteiger partial charge in [0.25, 0.3) is 0 Å². The Hall–Kier alpha value is -1.15. The highest BCUT2D eigenvalue weighted by Gasteiger charge is 2.16. The van der Waals surface area contributed by atoms with Crippen molar-refractivity contribution in [1.82, 2.24) is 10.2 Å². The molecule has 0 aromatic heterocycles. The molecular weight excluding hydrogens is 350 g/mol. The Morgan fingerprint density at radius 2 is 1.82 bits per heavy atom. The van der Waals surface area contributed by atoms with Crippen molar-refractivity contribution in [3.63, 3.8) is 0 Å². The standard InChI is InChI=1S/C11H13BrN2O2.C4H9NO/c12-9-2-1-3-10(8-9)13-11(15)14-4-6-16-7-5-14;1-3-6-4-2-5-1/h1-3,8H,4-7H2,(H,13,15);5H,1-4H2. The molecule has 1 aromatic rings. The summed E-state index contributed by atoms with van der Waals surface area (Å²) in [5.74, 6) is 0. The van der Waals surface area contributed by atoms with Crippen molar-refractivity contribution in [3.05, 3.63) is 28.7 Å². The number of morpholine rings is 2. The van der Waals surface area contributed by atoms with Gasteiger partial charge in [0.15, 0.2) is 0 Å². The maximum atomic E-state index is 11.8. The molecule has 0 atom stereocenters. The largest absolute Gasteiger partial charge is 0.379 e. The number of ether oxygens (including phenoxy) is 2. The first kappa shape index (κ1) is 17.2. The smallest absolute Gasteiger partial charge is 0.322 e. The summed E-state index contributed by atoms with van der Waals surface area (Å²) in [5, 5.41) is 6.01. The highest BCUT2D eigenvalue weighted by atomic mass is 79.9. The quantitative estimate of drug-likeness (QED) is 0.791. The highest BCUT2D eigenvalue weighted by molar-refractivity contribution is 9.10. The van der Waals surface area contributed by atoms with E-state index in [9.17, 15) is 4.79 Å². The Morgan fingerprint density at radius 3 is 2.36 bits per heavy atom. The van der Waals surface area contributed by atoms with E-state index < -0.39 is 0 Å². The summed E-state index contributed by atoms with van der Waals surface area (Å²) in [7, 11) is 0. The van der Waals surface area contributed by atoms with Crippen LogP contribution >= 0.6 is 15.9 Å². The van der Waals surface area contributed by atoms with Crippen LogP contribution in [0.2, 0.25) is 0 Å². The Bertz CT molecular complexity index is 452. The minimum atomic E-state index is -0.0681. The monoisotopic (exact) mass is 371 g/mol. The third-order valence-corrected chi connectivity index (χ3v) is 3.71. The van der Waals surface area contributed by atoms with E-state index in [0.717, 1.165) is 36.5 Å². The molecule has 7 heteroatoms. The maximum absolute atomic E-state index is 11.8. The molecular formula is C15H22BrN3O3. The number of rotatable bonds is 1. The van der Waals surface area contributed by atoms with Gasteiger partial charge in [0, 0.05) is 36.3 Å². The molecule has 2 aliphatic rings. The summed E-state index contributed by atoms with van der Waals surface area (Å²) in [6.07, 6.45) is 0. The van der Waals surface area contributed by atoms with Crippen LogP contribution in [-0.2, 0) is 9.47 Å². The van der Waals surface area contributed by atoms with Crippen LogP contribution < -0.4 is 10.6 Å². The van der Waals surface area contributed by atoms with E-state index >= 15 is 0 Å². The number of carbonyl (C=O) groups excluding carboxylic acids is 1. The van der Waals surface area contributed by atoms with Crippen LogP contribution in [0.4, 0.5) is 10.5 Å². The average molecular weight is 372 g/mol. The Morgan fingerprint density at radius 1 is 1.14 bits per heavy atom. The fourth-order valence-electron chi connectivity index (χ4n) is 2.05. The lowest BCUT2D eigenvalue weighted by atomic mass is 10.3. The number of carbonyl (C=O) groups is 1. The highest BCUT2D eigenvalue weighted by Crippen LogP contribution is 2.16. The molecule has 3 rings (SSSR count). The van der Waals surface area contributed by atoms with Gasteiger partial charge < -0.3 is 25.0 Å². The molecule has 0 unspecified atom stereocenters. The number of urea groups is 1. The van der Waals surface area contributed by atoms with Crippen LogP contribution in [-0.4, -0.2) is 63.5 Å². The third kappa shape index (κ3) is 6.31. The van der Waals surface area contributed by atoms with Gasteiger partial charge in [-0.15, -0.1) is 0 Å². The zero-order valence-electron chi connectivity index (χ0n) is 12.5. The van der Waals surface area contributed by atoms with Crippen LogP contribution in [0, 0.1) is 0 Å². The number of anilines is 1. The van der Waals surface area contributed by atoms with E-state index in [0.29, 0.717) is 26.3 Å². The molecule has 1 aromatic carbocycles. The summed E-state index contributed by atoms with van der Waals surface area (Å²) in [5.41, 5.74) is 0.797. The predicted octanol–water partition coefficient (Wildman–Crippen LogP) is 1.92. The minimum Gasteiger partial charge on any atom is -0.379 e. The molecule has 2 N–H and O–H groups in total. The predicted molar refractivity (Wildman–Crippen MR) is 89.2 cm³/mol. The van der Waals surface area contributed by atoms with Crippen molar-refractivity contribution in [2.45, 2.75) is 0 Å². The summed E-state index contributed by atoms with van der Waals surface area (Å²) < 4.78 is 11.1. The lowest BCUT2D eigenvalue weighted by Crippen LogP contribution is -2.43. The van der Waals surface area contributed by atoms with Gasteiger partial charge in [0.05, 0.1) is 26.4 Å². The molecule has 2 fully saturated rings. The van der Waals surface area contributed by atoms with Gasteiger partial charge in [-0.25, -0.2) is 4.79 Å². The number of hydrogen-bond donors (Lipinski definition) is 2. The fourth-order valence-corrected chi connectivity index (χ4v) is 2.45. The van der Waals surface area contributed by atoms with Gasteiger partial charge in [-0.1, -0.05) is 22.0 Å². The van der Waals surface area contributed by atoms with Crippen molar-refractivity contribution in [3.8, 4) is 0 Å². The summed E-state index contributed by atoms with van der Waals surface area (Å²) in [6, 6.07) is 7.48. The fraction of sp³-hybridized carbons (Fsp3) is 0.533. The maximum Gasteiger partial charge on any atom is 0.322 e. The van der Waals surface area contributed by atoms with Crippen LogP contribution in [0.1, 0.15) is 0 Å². The first-order valence-electron chi connectivity index (χ1n) is 7.43. The lowest BCUT2D eigenvalue weighted by molar-refractivity contribution is 0.0564. The zero-order chi connectivity index (χ0) is 15.6. The van der Waals surface area contributed by atoms with E-state index in [1.54, 1.807) is 4.90 Å². The second-order valence-electron chi connectivity index (χ2n) is 4.90. The summed E-state index contributed by atoms with van der Waals surface area (Å²) in [4.78, 5) is 13.6. The molecule has 0 radical (unpaired) electrons. The van der Waals surface area contributed by atoms with Gasteiger partial charge in [0.2, 0.25) is 0 Å². The van der Waals surface area contributed by atoms with E-state index in [2.05, 4.69) is 26.6 Å². The molecule has 0 spiro atoms. The number of amides is 2. The third-order valence-electron chi connectivity index (χ3n) is 3.22. The molecule has 2 amide bonds. The average Bonchev–Trinajstić information content (AvgIpc) is 2.58. The van der Waals surface area contributed by atoms with Gasteiger partial charge >= 0.3 is 6.03 Å². The van der Waals surface area contributed by atoms with E-state index in [4.69, 9.17) is 9.47 Å². The number of nitrogens with one attached hydrogen (secondary N) is 2. The molecule has 2 aliphatic heterocycles. The topological polar surface area (TPSA) is 62.8 Å². The molecule has 122 valence electrons. The first-order chi connectivity index (χ1) is 10.8. The molecule has 0 bridgehead atoms. The molecule has 22 heavy (non-hydrogen) atoms. The first-order valence-corrected chi connectivity index (χ1v) is 8.23. The normalized spacial score (nSPS) is 18.1. The summed E-state index contributed by atoms with van der Waals surface area (Å²) in [6.45, 7) is 6.37. The van der Waals surface area contributed by atoms with Crippen molar-refractivity contribution in [2.75, 3.05) is 57.9 Å². The van der Waals surface area contributed by atoms with Gasteiger partial charge in [-0.05, 0) is 18.2 Å². The van der Waals surface area contributed by atoms with Crippen molar-refractivity contribution in [2.24, 2.45) is 0 Å². The Labute approximate surface area is 139 Å². The Balaban J connectivity index is 0.000000246. The number of halogens is 1. The summed E-state index contributed by atoms with van der Waals surface area (Å²) >= 11 is 3.36. The minimum absolute atomic E-state index is 0.0681. The van der Waals surface area contributed by atoms with Crippen molar-refractivity contribution < 1.29 is 14.3 Å². The zero-order valence-corrected chi connectivity index (χ0v) is 14.1. The van der Waals surface area contributed by atoms with Gasteiger partial charge in [-0.3, -0.25) is 0 Å². The molecule has 0 aliphatic carbocycles. The molecule has 2 heterocycles. The lowest BCUT2D eigenvalue weighted by Gasteiger charge is -2.26. The Kier molecular flexibility index (Phi) is 7.65. The van der Waals surface area contributed by atoms with E-state index in [1.165, 1.54) is 0 Å². The van der Waals surface area contributed by atoms with Crippen molar-refractivity contribution >= 4 is 27.6 Å². The van der Waals surface area contributed by atoms with Crippen LogP contribution in [0.15, 0.2) is 28.7 Å². The second-order valence-corrected chi connectivity index (χ2v) is 5.82. The van der Waals surface area contributed by atoms with Gasteiger partial charge in [-0.2, -0.15) is 0 Å². The van der Waals surface area contributed by atoms with Crippen molar-refractivity contribution in [1.29, 1.82) is 0 Å². The van der Waals surface area contributed by atoms with Crippen LogP contribution in [0.3, 0.4) is 0 Å². The molecule has 2 saturated heterocycles. The van der Waals surface area contributed by atoms with E-state index in [-0.39, 0.29) is 6.03 Å². The molecule has 0 saturated carbocycles.